The Kier molecular flexibility index (Phi) is 6.53. The molecule has 0 aromatic carbocycles. The van der Waals surface area contributed by atoms with Crippen molar-refractivity contribution in [2.75, 3.05) is 48.8 Å². The van der Waals surface area contributed by atoms with E-state index in [0.717, 1.165) is 16.8 Å². The molecule has 15 heavy (non-hydrogen) atoms. The van der Waals surface area contributed by atoms with Crippen LogP contribution in [0.5, 0.6) is 0 Å². The van der Waals surface area contributed by atoms with E-state index in [9.17, 15) is 0 Å². The average Bonchev–Trinajstić information content (AvgIpc) is 1.97. The largest absolute Gasteiger partial charge is 0.253 e. The van der Waals surface area contributed by atoms with E-state index in [1.807, 2.05) is 57.3 Å². The quantitative estimate of drug-likeness (QED) is 0.251. The van der Waals surface area contributed by atoms with Crippen LogP contribution in [0.15, 0.2) is 0 Å². The second-order valence-electron chi connectivity index (χ2n) is 4.57. The fourth-order valence-electron chi connectivity index (χ4n) is 1.41. The molecule has 0 unspecified atom stereocenters. The lowest BCUT2D eigenvalue weighted by Crippen LogP contribution is -2.69. The van der Waals surface area contributed by atoms with Crippen LogP contribution >= 0.6 is 0 Å². The lowest BCUT2D eigenvalue weighted by molar-refractivity contribution is 0.0977. The summed E-state index contributed by atoms with van der Waals surface area (Å²) in [5.41, 5.74) is 10.1. The van der Waals surface area contributed by atoms with Gasteiger partial charge in [-0.2, -0.15) is 0 Å². The van der Waals surface area contributed by atoms with Gasteiger partial charge >= 0.3 is 0 Å². The Morgan fingerprint density at radius 3 is 1.53 bits per heavy atom. The van der Waals surface area contributed by atoms with Crippen molar-refractivity contribution in [1.29, 1.82) is 0 Å². The Labute approximate surface area is 96.3 Å². The Morgan fingerprint density at radius 2 is 1.27 bits per heavy atom. The summed E-state index contributed by atoms with van der Waals surface area (Å²) in [7, 11) is 13.0. The molecule has 3 N–H and O–H groups in total. The van der Waals surface area contributed by atoms with Crippen LogP contribution in [0.3, 0.4) is 0 Å². The van der Waals surface area contributed by atoms with E-state index < -0.39 is 0 Å². The summed E-state index contributed by atoms with van der Waals surface area (Å²) < 4.78 is 0. The van der Waals surface area contributed by atoms with Crippen LogP contribution in [-0.4, -0.2) is 79.4 Å². The molecule has 0 amide bonds. The van der Waals surface area contributed by atoms with Gasteiger partial charge in [-0.15, -0.1) is 0 Å². The summed E-state index contributed by atoms with van der Waals surface area (Å²) >= 11 is 0. The first-order valence-electron chi connectivity index (χ1n) is 5.06. The number of rotatable bonds is 7. The van der Waals surface area contributed by atoms with Crippen molar-refractivity contribution in [3.8, 4) is 0 Å². The fourth-order valence-corrected chi connectivity index (χ4v) is 2.46. The maximum atomic E-state index is 3.40. The molecule has 0 saturated heterocycles. The van der Waals surface area contributed by atoms with E-state index in [2.05, 4.69) is 16.3 Å². The predicted octanol–water partition coefficient (Wildman–Crippen LogP) is -2.80. The predicted molar refractivity (Wildman–Crippen MR) is 68.0 cm³/mol. The third-order valence-corrected chi connectivity index (χ3v) is 2.49. The molecule has 0 aromatic rings. The lowest BCUT2D eigenvalue weighted by Gasteiger charge is -2.38. The smallest absolute Gasteiger partial charge is 0.0866 e. The summed E-state index contributed by atoms with van der Waals surface area (Å²) in [5.74, 6) is 0. The van der Waals surface area contributed by atoms with E-state index in [-0.39, 0.29) is 5.29 Å². The maximum absolute atomic E-state index is 3.40. The normalized spacial score (nSPS) is 13.4. The van der Waals surface area contributed by atoms with Gasteiger partial charge in [0, 0.05) is 48.8 Å². The Morgan fingerprint density at radius 1 is 0.867 bits per heavy atom. The monoisotopic (exact) mass is 234 g/mol. The van der Waals surface area contributed by atoms with Crippen molar-refractivity contribution in [3.05, 3.63) is 0 Å². The third-order valence-electron chi connectivity index (χ3n) is 1.69. The fraction of sp³-hybridized carbons (Fsp3) is 1.00. The van der Waals surface area contributed by atoms with Gasteiger partial charge in [0.2, 0.25) is 0 Å². The van der Waals surface area contributed by atoms with E-state index in [1.54, 1.807) is 0 Å². The van der Waals surface area contributed by atoms with E-state index in [4.69, 9.17) is 0 Å². The lowest BCUT2D eigenvalue weighted by atomic mass is 10.5. The van der Waals surface area contributed by atoms with Gasteiger partial charge in [-0.05, 0) is 0 Å². The molecule has 0 fully saturated rings. The van der Waals surface area contributed by atoms with Gasteiger partial charge < -0.3 is 0 Å². The minimum atomic E-state index is -0.0860. The molecule has 0 radical (unpaired) electrons. The van der Waals surface area contributed by atoms with Gasteiger partial charge in [0.1, 0.15) is 0 Å². The van der Waals surface area contributed by atoms with Crippen molar-refractivity contribution < 1.29 is 0 Å². The molecule has 0 aromatic heterocycles. The molecule has 6 nitrogen and oxygen atoms in total. The van der Waals surface area contributed by atoms with Crippen LogP contribution < -0.4 is 16.3 Å². The van der Waals surface area contributed by atoms with Crippen molar-refractivity contribution in [2.45, 2.75) is 5.29 Å². The molecule has 0 spiro atoms. The average molecular weight is 234 g/mol. The number of hydrogen-bond acceptors (Lipinski definition) is 6. The van der Waals surface area contributed by atoms with Crippen LogP contribution in [0.1, 0.15) is 0 Å². The highest BCUT2D eigenvalue weighted by molar-refractivity contribution is 6.15. The molecule has 7 heteroatoms. The summed E-state index contributed by atoms with van der Waals surface area (Å²) in [6.07, 6.45) is 0. The number of hydrogen-bond donors (Lipinski definition) is 3. The van der Waals surface area contributed by atoms with Crippen molar-refractivity contribution in [1.82, 2.24) is 31.3 Å². The van der Waals surface area contributed by atoms with Crippen LogP contribution in [0, 0.1) is 0 Å². The molecule has 0 heterocycles. The summed E-state index contributed by atoms with van der Waals surface area (Å²) in [6, 6.07) is 0. The maximum Gasteiger partial charge on any atom is 0.0866 e. The van der Waals surface area contributed by atoms with Crippen LogP contribution in [0.2, 0.25) is 0 Å². The molecule has 0 saturated carbocycles. The van der Waals surface area contributed by atoms with Crippen LogP contribution in [0.4, 0.5) is 0 Å². The number of nitrogens with one attached hydrogen (secondary N) is 3. The standard InChI is InChI=1S/C8H26N6Si/c1-12(2)9-7-8(15,10-13(3)4)11-14(5)6/h9-11H,7H2,1-6,15H3. The summed E-state index contributed by atoms with van der Waals surface area (Å²) in [5, 5.41) is 5.82. The summed E-state index contributed by atoms with van der Waals surface area (Å²) in [6.45, 7) is 0.836. The Hall–Kier alpha value is -0.0231. The van der Waals surface area contributed by atoms with E-state index in [0.29, 0.717) is 0 Å². The zero-order valence-corrected chi connectivity index (χ0v) is 13.0. The second-order valence-corrected chi connectivity index (χ2v) is 6.28. The zero-order chi connectivity index (χ0) is 12.1. The minimum Gasteiger partial charge on any atom is -0.253 e. The van der Waals surface area contributed by atoms with E-state index in [1.165, 1.54) is 0 Å². The summed E-state index contributed by atoms with van der Waals surface area (Å²) in [4.78, 5) is 0. The number of hydrazine groups is 3. The van der Waals surface area contributed by atoms with E-state index >= 15 is 0 Å². The van der Waals surface area contributed by atoms with Gasteiger partial charge in [0.25, 0.3) is 0 Å². The topological polar surface area (TPSA) is 45.8 Å². The first kappa shape index (κ1) is 15.0. The van der Waals surface area contributed by atoms with Gasteiger partial charge in [0.05, 0.1) is 15.5 Å². The molecule has 0 aliphatic carbocycles. The molecule has 0 aliphatic rings. The highest BCUT2D eigenvalue weighted by Gasteiger charge is 2.24. The SMILES string of the molecule is CN(C)NCC([SiH3])(NN(C)C)NN(C)C. The molecular weight excluding hydrogens is 208 g/mol. The van der Waals surface area contributed by atoms with Crippen LogP contribution in [0.25, 0.3) is 0 Å². The van der Waals surface area contributed by atoms with Crippen molar-refractivity contribution in [3.63, 3.8) is 0 Å². The molecule has 0 bridgehead atoms. The third kappa shape index (κ3) is 7.85. The zero-order valence-electron chi connectivity index (χ0n) is 11.0. The van der Waals surface area contributed by atoms with Gasteiger partial charge in [-0.3, -0.25) is 10.4 Å². The molecular formula is C8H26N6Si. The molecule has 0 aliphatic heterocycles. The molecule has 0 rings (SSSR count). The first-order valence-corrected chi connectivity index (χ1v) is 6.06. The first-order chi connectivity index (χ1) is 6.75. The van der Waals surface area contributed by atoms with Crippen LogP contribution in [-0.2, 0) is 0 Å². The van der Waals surface area contributed by atoms with Gasteiger partial charge in [-0.1, -0.05) is 0 Å². The van der Waals surface area contributed by atoms with Gasteiger partial charge in [0.15, 0.2) is 0 Å². The molecule has 92 valence electrons. The minimum absolute atomic E-state index is 0.0860. The number of nitrogens with zero attached hydrogens (tertiary/aromatic N) is 3. The Balaban J connectivity index is 4.26. The highest BCUT2D eigenvalue weighted by atomic mass is 28.1. The second kappa shape index (κ2) is 6.54. The van der Waals surface area contributed by atoms with Crippen molar-refractivity contribution in [2.24, 2.45) is 0 Å². The van der Waals surface area contributed by atoms with Gasteiger partial charge in [-0.25, -0.2) is 20.9 Å². The van der Waals surface area contributed by atoms with Crippen molar-refractivity contribution >= 4 is 10.2 Å². The molecule has 0 atom stereocenters. The highest BCUT2D eigenvalue weighted by Crippen LogP contribution is 1.93. The Bertz CT molecular complexity index is 163.